The number of carbonyl (C=O) groups excluding carboxylic acids is 2. The Kier molecular flexibility index (Phi) is 4.49. The number of ether oxygens (including phenoxy) is 1. The van der Waals surface area contributed by atoms with Crippen LogP contribution in [0.25, 0.3) is 0 Å². The van der Waals surface area contributed by atoms with Gasteiger partial charge in [0.2, 0.25) is 0 Å². The molecular weight excluding hydrogens is 244 g/mol. The second-order valence-electron chi connectivity index (χ2n) is 4.53. The van der Waals surface area contributed by atoms with Crippen molar-refractivity contribution < 1.29 is 14.3 Å². The summed E-state index contributed by atoms with van der Waals surface area (Å²) >= 11 is 0. The number of hydrogen-bond acceptors (Lipinski definition) is 4. The van der Waals surface area contributed by atoms with Gasteiger partial charge >= 0.3 is 5.97 Å². The Hall–Kier alpha value is -1.91. The molecule has 0 atom stereocenters. The van der Waals surface area contributed by atoms with E-state index in [9.17, 15) is 9.59 Å². The van der Waals surface area contributed by atoms with Crippen molar-refractivity contribution in [2.75, 3.05) is 13.2 Å². The molecule has 0 unspecified atom stereocenters. The SMILES string of the molecule is CCOC(=O)CCN(C(=O)c1cccnc1)C1CC1. The van der Waals surface area contributed by atoms with Crippen molar-refractivity contribution in [3.63, 3.8) is 0 Å². The number of carbonyl (C=O) groups is 2. The lowest BCUT2D eigenvalue weighted by Crippen LogP contribution is -2.35. The third-order valence-electron chi connectivity index (χ3n) is 3.02. The van der Waals surface area contributed by atoms with Crippen molar-refractivity contribution in [2.24, 2.45) is 0 Å². The monoisotopic (exact) mass is 262 g/mol. The van der Waals surface area contributed by atoms with Gasteiger partial charge in [0, 0.05) is 25.0 Å². The van der Waals surface area contributed by atoms with Crippen LogP contribution in [-0.2, 0) is 9.53 Å². The largest absolute Gasteiger partial charge is 0.466 e. The van der Waals surface area contributed by atoms with Gasteiger partial charge in [0.15, 0.2) is 0 Å². The van der Waals surface area contributed by atoms with Crippen LogP contribution in [0.3, 0.4) is 0 Å². The van der Waals surface area contributed by atoms with Gasteiger partial charge in [0.05, 0.1) is 18.6 Å². The molecule has 1 saturated carbocycles. The van der Waals surface area contributed by atoms with Gasteiger partial charge in [-0.25, -0.2) is 0 Å². The van der Waals surface area contributed by atoms with E-state index in [-0.39, 0.29) is 24.3 Å². The number of esters is 1. The molecule has 1 aliphatic carbocycles. The molecule has 2 rings (SSSR count). The van der Waals surface area contributed by atoms with Crippen molar-refractivity contribution in [3.8, 4) is 0 Å². The molecule has 1 aliphatic rings. The maximum absolute atomic E-state index is 12.3. The van der Waals surface area contributed by atoms with Crippen LogP contribution in [0.1, 0.15) is 36.5 Å². The van der Waals surface area contributed by atoms with Crippen LogP contribution in [0.15, 0.2) is 24.5 Å². The highest BCUT2D eigenvalue weighted by Crippen LogP contribution is 2.28. The Morgan fingerprint density at radius 1 is 1.47 bits per heavy atom. The summed E-state index contributed by atoms with van der Waals surface area (Å²) in [7, 11) is 0. The number of aromatic nitrogens is 1. The standard InChI is InChI=1S/C14H18N2O3/c1-2-19-13(17)7-9-16(12-5-6-12)14(18)11-4-3-8-15-10-11/h3-4,8,10,12H,2,5-7,9H2,1H3. The van der Waals surface area contributed by atoms with Gasteiger partial charge in [-0.2, -0.15) is 0 Å². The second-order valence-corrected chi connectivity index (χ2v) is 4.53. The third-order valence-corrected chi connectivity index (χ3v) is 3.02. The summed E-state index contributed by atoms with van der Waals surface area (Å²) in [4.78, 5) is 29.4. The minimum absolute atomic E-state index is 0.0556. The van der Waals surface area contributed by atoms with Crippen LogP contribution in [-0.4, -0.2) is 41.0 Å². The van der Waals surface area contributed by atoms with E-state index >= 15 is 0 Å². The Labute approximate surface area is 112 Å². The number of pyridine rings is 1. The van der Waals surface area contributed by atoms with E-state index < -0.39 is 0 Å². The fourth-order valence-electron chi connectivity index (χ4n) is 1.94. The molecular formula is C14H18N2O3. The smallest absolute Gasteiger partial charge is 0.307 e. The Balaban J connectivity index is 1.96. The third kappa shape index (κ3) is 3.77. The zero-order valence-electron chi connectivity index (χ0n) is 11.0. The second kappa shape index (κ2) is 6.31. The van der Waals surface area contributed by atoms with Gasteiger partial charge < -0.3 is 9.64 Å². The predicted molar refractivity (Wildman–Crippen MR) is 69.5 cm³/mol. The fraction of sp³-hybridized carbons (Fsp3) is 0.500. The number of amides is 1. The molecule has 1 aromatic heterocycles. The first-order valence-electron chi connectivity index (χ1n) is 6.59. The van der Waals surface area contributed by atoms with Gasteiger partial charge in [-0.15, -0.1) is 0 Å². The van der Waals surface area contributed by atoms with E-state index in [1.807, 2.05) is 0 Å². The molecule has 19 heavy (non-hydrogen) atoms. The lowest BCUT2D eigenvalue weighted by Gasteiger charge is -2.21. The van der Waals surface area contributed by atoms with Gasteiger partial charge in [-0.05, 0) is 31.9 Å². The average Bonchev–Trinajstić information content (AvgIpc) is 3.25. The lowest BCUT2D eigenvalue weighted by molar-refractivity contribution is -0.143. The van der Waals surface area contributed by atoms with Gasteiger partial charge in [-0.3, -0.25) is 14.6 Å². The van der Waals surface area contributed by atoms with Crippen LogP contribution >= 0.6 is 0 Å². The van der Waals surface area contributed by atoms with Gasteiger partial charge in [-0.1, -0.05) is 0 Å². The summed E-state index contributed by atoms with van der Waals surface area (Å²) < 4.78 is 4.89. The van der Waals surface area contributed by atoms with Crippen LogP contribution in [0.2, 0.25) is 0 Å². The Bertz CT molecular complexity index is 443. The molecule has 0 aromatic carbocycles. The number of rotatable bonds is 6. The van der Waals surface area contributed by atoms with Crippen LogP contribution in [0.5, 0.6) is 0 Å². The minimum Gasteiger partial charge on any atom is -0.466 e. The number of nitrogens with zero attached hydrogens (tertiary/aromatic N) is 2. The molecule has 0 radical (unpaired) electrons. The van der Waals surface area contributed by atoms with Crippen molar-refractivity contribution in [1.29, 1.82) is 0 Å². The molecule has 0 saturated heterocycles. The first kappa shape index (κ1) is 13.5. The quantitative estimate of drug-likeness (QED) is 0.731. The normalized spacial score (nSPS) is 13.9. The molecule has 0 aliphatic heterocycles. The van der Waals surface area contributed by atoms with Crippen LogP contribution in [0, 0.1) is 0 Å². The van der Waals surface area contributed by atoms with E-state index in [1.165, 1.54) is 0 Å². The molecule has 0 spiro atoms. The Morgan fingerprint density at radius 2 is 2.26 bits per heavy atom. The highest BCUT2D eigenvalue weighted by atomic mass is 16.5. The summed E-state index contributed by atoms with van der Waals surface area (Å²) in [5, 5.41) is 0. The van der Waals surface area contributed by atoms with Gasteiger partial charge in [0.25, 0.3) is 5.91 Å². The summed E-state index contributed by atoms with van der Waals surface area (Å²) in [5.74, 6) is -0.313. The molecule has 102 valence electrons. The molecule has 0 bridgehead atoms. The summed E-state index contributed by atoms with van der Waals surface area (Å²) in [5.41, 5.74) is 0.568. The highest BCUT2D eigenvalue weighted by Gasteiger charge is 2.33. The average molecular weight is 262 g/mol. The van der Waals surface area contributed by atoms with Crippen molar-refractivity contribution in [1.82, 2.24) is 9.88 Å². The molecule has 1 aromatic rings. The van der Waals surface area contributed by atoms with Crippen LogP contribution < -0.4 is 0 Å². The van der Waals surface area contributed by atoms with Gasteiger partial charge in [0.1, 0.15) is 0 Å². The lowest BCUT2D eigenvalue weighted by atomic mass is 10.2. The van der Waals surface area contributed by atoms with Crippen LogP contribution in [0.4, 0.5) is 0 Å². The first-order chi connectivity index (χ1) is 9.22. The molecule has 1 amide bonds. The first-order valence-corrected chi connectivity index (χ1v) is 6.59. The minimum atomic E-state index is -0.257. The zero-order valence-corrected chi connectivity index (χ0v) is 11.0. The van der Waals surface area contributed by atoms with E-state index in [0.29, 0.717) is 18.7 Å². The fourth-order valence-corrected chi connectivity index (χ4v) is 1.94. The molecule has 0 N–H and O–H groups in total. The number of hydrogen-bond donors (Lipinski definition) is 0. The summed E-state index contributed by atoms with van der Waals surface area (Å²) in [6.45, 7) is 2.56. The predicted octanol–water partition coefficient (Wildman–Crippen LogP) is 1.64. The zero-order chi connectivity index (χ0) is 13.7. The highest BCUT2D eigenvalue weighted by molar-refractivity contribution is 5.94. The maximum atomic E-state index is 12.3. The maximum Gasteiger partial charge on any atom is 0.307 e. The van der Waals surface area contributed by atoms with E-state index in [2.05, 4.69) is 4.98 Å². The van der Waals surface area contributed by atoms with Crippen molar-refractivity contribution >= 4 is 11.9 Å². The molecule has 5 nitrogen and oxygen atoms in total. The molecule has 1 fully saturated rings. The van der Waals surface area contributed by atoms with E-state index in [0.717, 1.165) is 12.8 Å². The van der Waals surface area contributed by atoms with Crippen molar-refractivity contribution in [3.05, 3.63) is 30.1 Å². The molecule has 5 heteroatoms. The van der Waals surface area contributed by atoms with Crippen molar-refractivity contribution in [2.45, 2.75) is 32.2 Å². The molecule has 1 heterocycles. The summed E-state index contributed by atoms with van der Waals surface area (Å²) in [6, 6.07) is 3.75. The topological polar surface area (TPSA) is 59.5 Å². The van der Waals surface area contributed by atoms with E-state index in [4.69, 9.17) is 4.74 Å². The Morgan fingerprint density at radius 3 is 2.84 bits per heavy atom. The van der Waals surface area contributed by atoms with E-state index in [1.54, 1.807) is 36.4 Å². The summed E-state index contributed by atoms with van der Waals surface area (Å²) in [6.07, 6.45) is 5.46.